The van der Waals surface area contributed by atoms with Gasteiger partial charge >= 0.3 is 29.8 Å². The molecular formula is C73H68BrCl6F4N19O19S6. The monoisotopic (exact) mass is 2070 g/mol. The number of aromatic nitrogens is 14. The fourth-order valence-electron chi connectivity index (χ4n) is 8.17. The number of esters is 4. The number of alkyl halides is 1. The largest absolute Gasteiger partial charge is 0.476 e. The first-order chi connectivity index (χ1) is 60.1. The molecule has 0 unspecified atom stereocenters. The van der Waals surface area contributed by atoms with Crippen molar-refractivity contribution in [1.82, 2.24) is 85.3 Å². The normalized spacial score (nSPS) is 10.7. The average molecular weight is 2080 g/mol. The highest BCUT2D eigenvalue weighted by molar-refractivity contribution is 9.08. The number of thiazole rings is 2. The maximum atomic E-state index is 13.2. The molecule has 8 heterocycles. The van der Waals surface area contributed by atoms with E-state index >= 15 is 0 Å². The number of rotatable bonds is 25. The first-order valence-corrected chi connectivity index (χ1v) is 45.7. The number of carboxylic acid groups (broad SMARTS) is 1. The second-order valence-electron chi connectivity index (χ2n) is 23.5. The number of benzene rings is 4. The first-order valence-electron chi connectivity index (χ1n) is 34.6. The van der Waals surface area contributed by atoms with Gasteiger partial charge in [-0.15, -0.1) is 65.7 Å². The second kappa shape index (κ2) is 54.5. The molecule has 0 atom stereocenters. The average Bonchev–Trinajstić information content (AvgIpc) is 1.05. The number of carbonyl (C=O) groups is 6. The minimum Gasteiger partial charge on any atom is -0.476 e. The first kappa shape index (κ1) is 110. The Hall–Kier alpha value is -10.8. The van der Waals surface area contributed by atoms with E-state index in [4.69, 9.17) is 73.7 Å². The number of nitrogens with one attached hydrogen (secondary N) is 3. The summed E-state index contributed by atoms with van der Waals surface area (Å²) in [5.41, 5.74) is 17.7. The number of carbonyl (C=O) groups excluding carboxylic acids is 5. The van der Waals surface area contributed by atoms with Gasteiger partial charge in [0.05, 0.1) is 133 Å². The van der Waals surface area contributed by atoms with Crippen LogP contribution in [0.25, 0.3) is 0 Å². The Labute approximate surface area is 773 Å². The number of nitrogens with zero attached hydrogens (tertiary/aromatic N) is 14. The van der Waals surface area contributed by atoms with Crippen LogP contribution >= 0.6 is 108 Å². The van der Waals surface area contributed by atoms with Crippen LogP contribution < -0.4 is 25.6 Å². The van der Waals surface area contributed by atoms with Gasteiger partial charge in [-0.25, -0.2) is 89.4 Å². The van der Waals surface area contributed by atoms with Gasteiger partial charge in [-0.2, -0.15) is 30.6 Å². The van der Waals surface area contributed by atoms with Crippen LogP contribution in [0, 0.1) is 30.2 Å². The molecule has 12 aromatic rings. The number of aromatic carboxylic acids is 1. The summed E-state index contributed by atoms with van der Waals surface area (Å²) >= 11 is 28.3. The number of hydrogen-bond donors (Lipinski definition) is 6. The maximum absolute atomic E-state index is 13.2. The number of hydrogen-bond acceptors (Lipinski definition) is 36. The zero-order chi connectivity index (χ0) is 94.2. The lowest BCUT2D eigenvalue weighted by Crippen LogP contribution is -2.24. The topological polar surface area (TPSA) is 565 Å². The van der Waals surface area contributed by atoms with Crippen LogP contribution in [0.5, 0.6) is 0 Å². The standard InChI is InChI=1S/C17H14ClFN4O3S2.C13H11ClFN3O4S.C12H9ClFN3O4S.C7H7BrN2O2.C7H9N3O2.C7H8N2O2.C6H3Cl2FO2S.C4H6N2S.ClH/c18-14-7-13(3-4-15(14)19)28(25,26)21-8-11-1-5-16(23-22-11)17(24)6-2-12-9-20-10-27-12;1-22-13(19)12-5-2-8(17-18-12)7-16-23(20,21)9-3-4-11(15)10(14)6-9;13-9-5-8(2-3-10(9)14)22(20,21)15-6-7-1-4-11(12(18)19)17-16-7;2*1-12-7(11)6-3-2-5(4-8)9-10-6;1-5-3-4-6(9-8-5)7(10)11-2;7-5-3-4(12(8,10)11)1-2-6(5)9;5-1-4-2-6-3-7-4;/h1,3-5,7,9-10,21H,2,6,8H2;2-6,16H,7H2,1H3;1-5,15H,6H2,(H,18,19);2-3H,4H2,1H3;2-3H,4,8H2,1H3;3-4H,1-2H3;1-3H;2-3H,1,5H2;1H. The Morgan fingerprint density at radius 2 is 0.719 bits per heavy atom. The minimum absolute atomic E-state index is 0. The molecule has 0 fully saturated rings. The number of halogens is 11. The molecule has 128 heavy (non-hydrogen) atoms. The van der Waals surface area contributed by atoms with Crippen molar-refractivity contribution in [3.63, 3.8) is 0 Å². The summed E-state index contributed by atoms with van der Waals surface area (Å²) in [6.07, 6.45) is 4.36. The van der Waals surface area contributed by atoms with E-state index in [9.17, 15) is 80.0 Å². The smallest absolute Gasteiger partial charge is 0.358 e. The van der Waals surface area contributed by atoms with E-state index in [0.29, 0.717) is 36.2 Å². The molecule has 0 saturated heterocycles. The predicted molar refractivity (Wildman–Crippen MR) is 463 cm³/mol. The molecule has 0 saturated carbocycles. The molecular weight excluding hydrogens is 2010 g/mol. The van der Waals surface area contributed by atoms with Crippen molar-refractivity contribution in [2.75, 3.05) is 28.4 Å². The molecule has 0 aliphatic rings. The Morgan fingerprint density at radius 3 is 0.984 bits per heavy atom. The molecule has 682 valence electrons. The third kappa shape index (κ3) is 37.5. The van der Waals surface area contributed by atoms with Crippen LogP contribution in [0.3, 0.4) is 0 Å². The quantitative estimate of drug-likeness (QED) is 0.00773. The van der Waals surface area contributed by atoms with Gasteiger partial charge in [0.2, 0.25) is 30.1 Å². The number of Topliss-reactive ketones (excluding diaryl/α,β-unsaturated/α-hetero) is 1. The molecule has 0 aliphatic carbocycles. The number of nitrogens with two attached hydrogens (primary N) is 2. The number of methoxy groups -OCH3 is 4. The van der Waals surface area contributed by atoms with Crippen molar-refractivity contribution in [3.05, 3.63) is 290 Å². The highest BCUT2D eigenvalue weighted by atomic mass is 79.9. The molecule has 0 aliphatic heterocycles. The molecule has 0 amide bonds. The molecule has 12 rings (SSSR count). The molecule has 55 heteroatoms. The Bertz CT molecular complexity index is 6100. The van der Waals surface area contributed by atoms with Crippen molar-refractivity contribution in [1.29, 1.82) is 0 Å². The van der Waals surface area contributed by atoms with E-state index in [0.717, 1.165) is 93.9 Å². The van der Waals surface area contributed by atoms with Crippen molar-refractivity contribution in [2.45, 2.75) is 77.4 Å². The van der Waals surface area contributed by atoms with E-state index < -0.39 is 92.2 Å². The summed E-state index contributed by atoms with van der Waals surface area (Å²) in [7, 11) is -5.43. The minimum atomic E-state index is -3.91. The molecule has 4 aromatic carbocycles. The second-order valence-corrected chi connectivity index (χ2v) is 35.5. The lowest BCUT2D eigenvalue weighted by atomic mass is 10.1. The fraction of sp³-hybridized carbons (Fsp3) is 0.178. The molecule has 0 radical (unpaired) electrons. The fourth-order valence-corrected chi connectivity index (χ4v) is 14.4. The van der Waals surface area contributed by atoms with Gasteiger partial charge in [-0.05, 0) is 159 Å². The van der Waals surface area contributed by atoms with E-state index in [1.54, 1.807) is 72.0 Å². The van der Waals surface area contributed by atoms with Crippen molar-refractivity contribution < 1.29 is 104 Å². The van der Waals surface area contributed by atoms with E-state index in [1.807, 2.05) is 0 Å². The summed E-state index contributed by atoms with van der Waals surface area (Å²) < 4.78 is 170. The van der Waals surface area contributed by atoms with Gasteiger partial charge in [-0.3, -0.25) is 14.8 Å². The van der Waals surface area contributed by atoms with E-state index in [1.165, 1.54) is 82.2 Å². The van der Waals surface area contributed by atoms with Crippen LogP contribution in [0.1, 0.15) is 113 Å². The lowest BCUT2D eigenvalue weighted by Gasteiger charge is -2.07. The Kier molecular flexibility index (Phi) is 46.6. The highest BCUT2D eigenvalue weighted by Gasteiger charge is 2.22. The number of ether oxygens (including phenoxy) is 4. The third-order valence-electron chi connectivity index (χ3n) is 14.7. The lowest BCUT2D eigenvalue weighted by molar-refractivity contribution is 0.0584. The van der Waals surface area contributed by atoms with E-state index in [-0.39, 0.29) is 129 Å². The predicted octanol–water partition coefficient (Wildman–Crippen LogP) is 10.9. The van der Waals surface area contributed by atoms with Gasteiger partial charge in [-0.1, -0.05) is 62.3 Å². The Morgan fingerprint density at radius 1 is 0.414 bits per heavy atom. The van der Waals surface area contributed by atoms with Crippen molar-refractivity contribution in [2.24, 2.45) is 11.5 Å². The SMILES string of the molecule is COC(=O)c1ccc(C)nn1.COC(=O)c1ccc(CBr)nn1.COC(=O)c1ccc(CN)nn1.COC(=O)c1ccc(CNS(=O)(=O)c2ccc(F)c(Cl)c2)nn1.Cl.NCc1cncs1.O=C(CCc1cncs1)c1ccc(CNS(=O)(=O)c2ccc(F)c(Cl)c2)nn1.O=C(O)c1ccc(CNS(=O)(=O)c2ccc(F)c(Cl)c2)nn1.O=S(=O)(Cl)c1ccc(F)c(Cl)c1. The van der Waals surface area contributed by atoms with Crippen LogP contribution in [0.2, 0.25) is 20.1 Å². The van der Waals surface area contributed by atoms with Gasteiger partial charge < -0.3 is 35.5 Å². The zero-order valence-corrected chi connectivity index (χ0v) is 77.3. The van der Waals surface area contributed by atoms with Gasteiger partial charge in [0.25, 0.3) is 9.05 Å². The number of carboxylic acids is 1. The summed E-state index contributed by atoms with van der Waals surface area (Å²) in [6.45, 7) is 2.23. The van der Waals surface area contributed by atoms with Crippen LogP contribution in [0.4, 0.5) is 17.6 Å². The highest BCUT2D eigenvalue weighted by Crippen LogP contribution is 2.25. The molecule has 8 N–H and O–H groups in total. The third-order valence-corrected chi connectivity index (χ3v) is 23.6. The maximum Gasteiger partial charge on any atom is 0.358 e. The molecule has 0 bridgehead atoms. The van der Waals surface area contributed by atoms with Crippen LogP contribution in [0.15, 0.2) is 189 Å². The van der Waals surface area contributed by atoms with Crippen LogP contribution in [-0.4, -0.2) is 174 Å². The molecule has 8 aromatic heterocycles. The number of sulfonamides is 3. The molecule has 0 spiro atoms. The summed E-state index contributed by atoms with van der Waals surface area (Å²) in [5.74, 6) is -6.29. The van der Waals surface area contributed by atoms with Crippen LogP contribution in [-0.2, 0) is 103 Å². The van der Waals surface area contributed by atoms with E-state index in [2.05, 4.69) is 120 Å². The summed E-state index contributed by atoms with van der Waals surface area (Å²) in [5, 5.41) is 52.3. The number of ketones is 1. The van der Waals surface area contributed by atoms with Crippen molar-refractivity contribution in [3.8, 4) is 0 Å². The van der Waals surface area contributed by atoms with Gasteiger partial charge in [0, 0.05) is 57.7 Å². The summed E-state index contributed by atoms with van der Waals surface area (Å²) in [4.78, 5) is 75.7. The molecule has 38 nitrogen and oxygen atoms in total. The Balaban J connectivity index is 0.000000316. The number of aryl methyl sites for hydroxylation is 2. The van der Waals surface area contributed by atoms with Gasteiger partial charge in [0.15, 0.2) is 34.3 Å². The summed E-state index contributed by atoms with van der Waals surface area (Å²) in [6, 6.07) is 30.2. The van der Waals surface area contributed by atoms with Gasteiger partial charge in [0.1, 0.15) is 29.0 Å². The zero-order valence-electron chi connectivity index (χ0n) is 66.2. The van der Waals surface area contributed by atoms with Crippen molar-refractivity contribution >= 4 is 183 Å².